The molecule has 0 aliphatic heterocycles. The van der Waals surface area contributed by atoms with Gasteiger partial charge in [-0.3, -0.25) is 5.10 Å². The van der Waals surface area contributed by atoms with E-state index in [1.54, 1.807) is 24.5 Å². The molecule has 2 aromatic carbocycles. The minimum Gasteiger partial charge on any atom is -0.340 e. The second kappa shape index (κ2) is 6.57. The van der Waals surface area contributed by atoms with E-state index in [9.17, 15) is 4.39 Å². The average Bonchev–Trinajstić information content (AvgIpc) is 3.13. The highest BCUT2D eigenvalue weighted by molar-refractivity contribution is 5.81. The highest BCUT2D eigenvalue weighted by Crippen LogP contribution is 2.31. The molecule has 5 heteroatoms. The van der Waals surface area contributed by atoms with Gasteiger partial charge in [0.2, 0.25) is 0 Å². The smallest absolute Gasteiger partial charge is 0.130 e. The van der Waals surface area contributed by atoms with Crippen LogP contribution in [0.25, 0.3) is 22.4 Å². The van der Waals surface area contributed by atoms with Gasteiger partial charge in [-0.1, -0.05) is 18.2 Å². The van der Waals surface area contributed by atoms with E-state index in [1.807, 2.05) is 42.5 Å². The third-order valence-corrected chi connectivity index (χ3v) is 3.89. The minimum absolute atomic E-state index is 0.261. The summed E-state index contributed by atoms with van der Waals surface area (Å²) < 4.78 is 13.2. The summed E-state index contributed by atoms with van der Waals surface area (Å²) in [6, 6.07) is 20.1. The Kier molecular flexibility index (Phi) is 3.96. The maximum absolute atomic E-state index is 13.2. The van der Waals surface area contributed by atoms with Gasteiger partial charge in [-0.25, -0.2) is 9.37 Å². The lowest BCUT2D eigenvalue weighted by Gasteiger charge is -2.08. The molecule has 2 heterocycles. The summed E-state index contributed by atoms with van der Waals surface area (Å²) >= 11 is 0. The Morgan fingerprint density at radius 1 is 0.880 bits per heavy atom. The summed E-state index contributed by atoms with van der Waals surface area (Å²) in [5, 5.41) is 10.4. The van der Waals surface area contributed by atoms with Crippen molar-refractivity contribution in [3.8, 4) is 22.4 Å². The number of halogens is 1. The van der Waals surface area contributed by atoms with E-state index in [2.05, 4.69) is 20.5 Å². The number of nitrogens with one attached hydrogen (secondary N) is 2. The Hall–Kier alpha value is -3.47. The molecule has 25 heavy (non-hydrogen) atoms. The number of anilines is 2. The molecule has 0 saturated heterocycles. The van der Waals surface area contributed by atoms with Crippen LogP contribution in [0, 0.1) is 5.82 Å². The Labute approximate surface area is 144 Å². The lowest BCUT2D eigenvalue weighted by atomic mass is 10.0. The molecule has 2 aromatic heterocycles. The number of aromatic amines is 1. The second-order valence-corrected chi connectivity index (χ2v) is 5.59. The van der Waals surface area contributed by atoms with Crippen LogP contribution in [0.4, 0.5) is 15.9 Å². The Morgan fingerprint density at radius 2 is 1.68 bits per heavy atom. The number of hydrogen-bond acceptors (Lipinski definition) is 3. The summed E-state index contributed by atoms with van der Waals surface area (Å²) in [6.07, 6.45) is 3.52. The van der Waals surface area contributed by atoms with Gasteiger partial charge in [0.1, 0.15) is 11.6 Å². The summed E-state index contributed by atoms with van der Waals surface area (Å²) in [6.45, 7) is 0. The van der Waals surface area contributed by atoms with Gasteiger partial charge in [-0.05, 0) is 54.1 Å². The van der Waals surface area contributed by atoms with Crippen LogP contribution in [0.15, 0.2) is 79.1 Å². The van der Waals surface area contributed by atoms with Gasteiger partial charge >= 0.3 is 0 Å². The Bertz CT molecular complexity index is 978. The molecule has 0 aliphatic carbocycles. The fraction of sp³-hybridized carbons (Fsp3) is 0. The van der Waals surface area contributed by atoms with Crippen molar-refractivity contribution in [3.63, 3.8) is 0 Å². The van der Waals surface area contributed by atoms with Crippen molar-refractivity contribution in [1.82, 2.24) is 15.2 Å². The fourth-order valence-electron chi connectivity index (χ4n) is 2.68. The summed E-state index contributed by atoms with van der Waals surface area (Å²) in [5.74, 6) is 0.484. The van der Waals surface area contributed by atoms with Gasteiger partial charge in [0, 0.05) is 23.0 Å². The van der Waals surface area contributed by atoms with Gasteiger partial charge in [0.25, 0.3) is 0 Å². The van der Waals surface area contributed by atoms with Crippen molar-refractivity contribution >= 4 is 11.5 Å². The quantitative estimate of drug-likeness (QED) is 0.552. The molecule has 0 saturated carbocycles. The third-order valence-electron chi connectivity index (χ3n) is 3.89. The van der Waals surface area contributed by atoms with Crippen LogP contribution in [-0.2, 0) is 0 Å². The highest BCUT2D eigenvalue weighted by Gasteiger charge is 2.11. The van der Waals surface area contributed by atoms with Gasteiger partial charge < -0.3 is 5.32 Å². The van der Waals surface area contributed by atoms with E-state index in [0.29, 0.717) is 0 Å². The first-order chi connectivity index (χ1) is 12.3. The molecule has 0 fully saturated rings. The lowest BCUT2D eigenvalue weighted by Crippen LogP contribution is -1.93. The van der Waals surface area contributed by atoms with Gasteiger partial charge in [-0.2, -0.15) is 5.10 Å². The molecule has 0 aliphatic rings. The van der Waals surface area contributed by atoms with Crippen molar-refractivity contribution in [3.05, 3.63) is 84.9 Å². The van der Waals surface area contributed by atoms with E-state index in [-0.39, 0.29) is 5.82 Å². The zero-order valence-electron chi connectivity index (χ0n) is 13.3. The number of para-hydroxylation sites is 1. The molecule has 4 aromatic rings. The Morgan fingerprint density at radius 3 is 2.48 bits per heavy atom. The number of aromatic nitrogens is 3. The normalized spacial score (nSPS) is 10.6. The zero-order valence-corrected chi connectivity index (χ0v) is 13.3. The van der Waals surface area contributed by atoms with Gasteiger partial charge in [-0.15, -0.1) is 0 Å². The average molecular weight is 330 g/mol. The number of benzene rings is 2. The summed E-state index contributed by atoms with van der Waals surface area (Å²) in [5.41, 5.74) is 4.60. The van der Waals surface area contributed by atoms with Crippen LogP contribution in [0.3, 0.4) is 0 Å². The monoisotopic (exact) mass is 330 g/mol. The topological polar surface area (TPSA) is 53.6 Å². The SMILES string of the molecule is Fc1ccc(-c2[nH]ncc2-c2ccnc(Nc3ccccc3)c2)cc1. The first-order valence-corrected chi connectivity index (χ1v) is 7.87. The van der Waals surface area contributed by atoms with Crippen LogP contribution < -0.4 is 5.32 Å². The molecule has 0 unspecified atom stereocenters. The molecule has 0 atom stereocenters. The van der Waals surface area contributed by atoms with E-state index in [1.165, 1.54) is 12.1 Å². The zero-order chi connectivity index (χ0) is 17.1. The number of hydrogen-bond donors (Lipinski definition) is 2. The lowest BCUT2D eigenvalue weighted by molar-refractivity contribution is 0.628. The van der Waals surface area contributed by atoms with Crippen molar-refractivity contribution < 1.29 is 4.39 Å². The largest absolute Gasteiger partial charge is 0.340 e. The molecule has 2 N–H and O–H groups in total. The predicted octanol–water partition coefficient (Wildman–Crippen LogP) is 5.02. The number of nitrogens with zero attached hydrogens (tertiary/aromatic N) is 2. The van der Waals surface area contributed by atoms with E-state index in [4.69, 9.17) is 0 Å². The number of rotatable bonds is 4. The van der Waals surface area contributed by atoms with E-state index >= 15 is 0 Å². The molecule has 122 valence electrons. The second-order valence-electron chi connectivity index (χ2n) is 5.59. The fourth-order valence-corrected chi connectivity index (χ4v) is 2.68. The number of H-pyrrole nitrogens is 1. The number of pyridine rings is 1. The van der Waals surface area contributed by atoms with Crippen LogP contribution in [0.5, 0.6) is 0 Å². The maximum Gasteiger partial charge on any atom is 0.130 e. The first kappa shape index (κ1) is 15.1. The maximum atomic E-state index is 13.2. The molecule has 0 amide bonds. The highest BCUT2D eigenvalue weighted by atomic mass is 19.1. The first-order valence-electron chi connectivity index (χ1n) is 7.87. The molecule has 0 radical (unpaired) electrons. The predicted molar refractivity (Wildman–Crippen MR) is 96.9 cm³/mol. The van der Waals surface area contributed by atoms with Crippen LogP contribution in [-0.4, -0.2) is 15.2 Å². The van der Waals surface area contributed by atoms with Crippen LogP contribution >= 0.6 is 0 Å². The summed E-state index contributed by atoms with van der Waals surface area (Å²) in [7, 11) is 0. The molecule has 4 rings (SSSR count). The van der Waals surface area contributed by atoms with Gasteiger partial charge in [0.15, 0.2) is 0 Å². The molecule has 4 nitrogen and oxygen atoms in total. The van der Waals surface area contributed by atoms with Gasteiger partial charge in [0.05, 0.1) is 11.9 Å². The molecular formula is C20H15FN4. The molecular weight excluding hydrogens is 315 g/mol. The Balaban J connectivity index is 1.68. The summed E-state index contributed by atoms with van der Waals surface area (Å²) in [4.78, 5) is 4.37. The minimum atomic E-state index is -0.261. The van der Waals surface area contributed by atoms with E-state index in [0.717, 1.165) is 33.9 Å². The molecule has 0 bridgehead atoms. The van der Waals surface area contributed by atoms with Crippen molar-refractivity contribution in [2.24, 2.45) is 0 Å². The van der Waals surface area contributed by atoms with Crippen molar-refractivity contribution in [2.75, 3.05) is 5.32 Å². The van der Waals surface area contributed by atoms with Crippen LogP contribution in [0.1, 0.15) is 0 Å². The van der Waals surface area contributed by atoms with Crippen LogP contribution in [0.2, 0.25) is 0 Å². The third kappa shape index (κ3) is 3.26. The molecule has 0 spiro atoms. The van der Waals surface area contributed by atoms with E-state index < -0.39 is 0 Å². The van der Waals surface area contributed by atoms with Crippen molar-refractivity contribution in [1.29, 1.82) is 0 Å². The standard InChI is InChI=1S/C20H15FN4/c21-16-8-6-14(7-9-16)20-18(13-23-25-20)15-10-11-22-19(12-15)24-17-4-2-1-3-5-17/h1-13H,(H,22,24)(H,23,25). The van der Waals surface area contributed by atoms with Crippen molar-refractivity contribution in [2.45, 2.75) is 0 Å².